The number of benzene rings is 1. The second kappa shape index (κ2) is 7.22. The van der Waals surface area contributed by atoms with Crippen molar-refractivity contribution in [3.63, 3.8) is 0 Å². The highest BCUT2D eigenvalue weighted by Gasteiger charge is 2.34. The molecule has 122 valence electrons. The van der Waals surface area contributed by atoms with E-state index < -0.39 is 11.5 Å². The second-order valence-corrected chi connectivity index (χ2v) is 6.64. The van der Waals surface area contributed by atoms with Crippen LogP contribution in [0.2, 0.25) is 0 Å². The number of likely N-dealkylation sites (N-methyl/N-ethyl adjacent to an activating group) is 1. The molecule has 0 aliphatic heterocycles. The lowest BCUT2D eigenvalue weighted by Crippen LogP contribution is -2.45. The molecule has 5 heteroatoms. The predicted molar refractivity (Wildman–Crippen MR) is 85.3 cm³/mol. The summed E-state index contributed by atoms with van der Waals surface area (Å²) in [5.74, 6) is -0.0190. The molecule has 0 bridgehead atoms. The first-order chi connectivity index (χ1) is 10.5. The SMILES string of the molecule is CN(CC(C)(CO)CO)C(C(=O)NC1CC1)c1ccccc1. The maximum absolute atomic E-state index is 12.6. The first-order valence-corrected chi connectivity index (χ1v) is 7.76. The molecule has 1 unspecified atom stereocenters. The van der Waals surface area contributed by atoms with Gasteiger partial charge < -0.3 is 15.5 Å². The summed E-state index contributed by atoms with van der Waals surface area (Å²) in [6, 6.07) is 9.50. The van der Waals surface area contributed by atoms with E-state index in [1.54, 1.807) is 0 Å². The minimum absolute atomic E-state index is 0.0190. The number of nitrogens with zero attached hydrogens (tertiary/aromatic N) is 1. The fourth-order valence-corrected chi connectivity index (χ4v) is 2.59. The minimum Gasteiger partial charge on any atom is -0.396 e. The number of aliphatic hydroxyl groups excluding tert-OH is 2. The Labute approximate surface area is 131 Å². The summed E-state index contributed by atoms with van der Waals surface area (Å²) in [6.45, 7) is 1.99. The van der Waals surface area contributed by atoms with Gasteiger partial charge in [0.05, 0.1) is 13.2 Å². The topological polar surface area (TPSA) is 72.8 Å². The quantitative estimate of drug-likeness (QED) is 0.668. The summed E-state index contributed by atoms with van der Waals surface area (Å²) in [5, 5.41) is 22.0. The Morgan fingerprint density at radius 2 is 1.91 bits per heavy atom. The first kappa shape index (κ1) is 16.9. The number of rotatable bonds is 8. The van der Waals surface area contributed by atoms with Gasteiger partial charge in [-0.25, -0.2) is 0 Å². The zero-order valence-electron chi connectivity index (χ0n) is 13.3. The molecule has 0 spiro atoms. The molecule has 1 atom stereocenters. The molecule has 1 aliphatic rings. The average Bonchev–Trinajstić information content (AvgIpc) is 3.32. The van der Waals surface area contributed by atoms with Gasteiger partial charge >= 0.3 is 0 Å². The van der Waals surface area contributed by atoms with Gasteiger partial charge in [0.15, 0.2) is 0 Å². The van der Waals surface area contributed by atoms with Crippen molar-refractivity contribution in [2.45, 2.75) is 31.8 Å². The Hall–Kier alpha value is -1.43. The van der Waals surface area contributed by atoms with Crippen molar-refractivity contribution < 1.29 is 15.0 Å². The van der Waals surface area contributed by atoms with Crippen LogP contribution in [0.25, 0.3) is 0 Å². The Bertz CT molecular complexity index is 484. The van der Waals surface area contributed by atoms with Crippen molar-refractivity contribution in [3.8, 4) is 0 Å². The van der Waals surface area contributed by atoms with E-state index in [9.17, 15) is 15.0 Å². The molecule has 1 saturated carbocycles. The van der Waals surface area contributed by atoms with E-state index in [1.807, 2.05) is 49.2 Å². The molecular formula is C17H26N2O3. The second-order valence-electron chi connectivity index (χ2n) is 6.64. The Morgan fingerprint density at radius 1 is 1.32 bits per heavy atom. The van der Waals surface area contributed by atoms with E-state index in [-0.39, 0.29) is 19.1 Å². The molecule has 5 nitrogen and oxygen atoms in total. The van der Waals surface area contributed by atoms with Crippen molar-refractivity contribution in [2.75, 3.05) is 26.8 Å². The van der Waals surface area contributed by atoms with Crippen molar-refractivity contribution in [1.29, 1.82) is 0 Å². The molecule has 1 aromatic carbocycles. The zero-order valence-corrected chi connectivity index (χ0v) is 13.3. The van der Waals surface area contributed by atoms with Crippen LogP contribution in [0.4, 0.5) is 0 Å². The third-order valence-corrected chi connectivity index (χ3v) is 4.12. The normalized spacial score (nSPS) is 16.6. The molecule has 3 N–H and O–H groups in total. The first-order valence-electron chi connectivity index (χ1n) is 7.76. The van der Waals surface area contributed by atoms with Crippen LogP contribution in [0.1, 0.15) is 31.4 Å². The van der Waals surface area contributed by atoms with Crippen LogP contribution in [0.15, 0.2) is 30.3 Å². The van der Waals surface area contributed by atoms with Gasteiger partial charge in [0.1, 0.15) is 6.04 Å². The van der Waals surface area contributed by atoms with E-state index in [0.29, 0.717) is 12.6 Å². The number of hydrogen-bond acceptors (Lipinski definition) is 4. The number of aliphatic hydroxyl groups is 2. The molecule has 0 radical (unpaired) electrons. The monoisotopic (exact) mass is 306 g/mol. The van der Waals surface area contributed by atoms with E-state index in [2.05, 4.69) is 5.32 Å². The largest absolute Gasteiger partial charge is 0.396 e. The highest BCUT2D eigenvalue weighted by molar-refractivity contribution is 5.83. The van der Waals surface area contributed by atoms with Crippen LogP contribution in [0.5, 0.6) is 0 Å². The summed E-state index contributed by atoms with van der Waals surface area (Å²) in [6.07, 6.45) is 2.09. The van der Waals surface area contributed by atoms with Crippen LogP contribution in [-0.4, -0.2) is 53.9 Å². The Morgan fingerprint density at radius 3 is 2.41 bits per heavy atom. The van der Waals surface area contributed by atoms with Gasteiger partial charge in [-0.15, -0.1) is 0 Å². The lowest BCUT2D eigenvalue weighted by molar-refractivity contribution is -0.127. The number of nitrogens with one attached hydrogen (secondary N) is 1. The van der Waals surface area contributed by atoms with E-state index in [0.717, 1.165) is 18.4 Å². The van der Waals surface area contributed by atoms with Crippen LogP contribution < -0.4 is 5.32 Å². The van der Waals surface area contributed by atoms with Gasteiger partial charge in [0, 0.05) is 18.0 Å². The summed E-state index contributed by atoms with van der Waals surface area (Å²) >= 11 is 0. The third-order valence-electron chi connectivity index (χ3n) is 4.12. The summed E-state index contributed by atoms with van der Waals surface area (Å²) in [7, 11) is 1.85. The molecule has 1 aliphatic carbocycles. The smallest absolute Gasteiger partial charge is 0.242 e. The minimum atomic E-state index is -0.637. The number of carbonyl (C=O) groups is 1. The molecule has 1 aromatic rings. The van der Waals surface area contributed by atoms with Crippen LogP contribution in [0, 0.1) is 5.41 Å². The average molecular weight is 306 g/mol. The Kier molecular flexibility index (Phi) is 5.56. The van der Waals surface area contributed by atoms with E-state index >= 15 is 0 Å². The van der Waals surface area contributed by atoms with Gasteiger partial charge in [-0.05, 0) is 25.5 Å². The molecule has 0 saturated heterocycles. The number of carbonyl (C=O) groups excluding carboxylic acids is 1. The van der Waals surface area contributed by atoms with Crippen LogP contribution in [-0.2, 0) is 4.79 Å². The molecule has 2 rings (SSSR count). The Balaban J connectivity index is 2.17. The van der Waals surface area contributed by atoms with E-state index in [1.165, 1.54) is 0 Å². The fraction of sp³-hybridized carbons (Fsp3) is 0.588. The highest BCUT2D eigenvalue weighted by Crippen LogP contribution is 2.27. The van der Waals surface area contributed by atoms with Crippen LogP contribution >= 0.6 is 0 Å². The van der Waals surface area contributed by atoms with Crippen molar-refractivity contribution in [3.05, 3.63) is 35.9 Å². The van der Waals surface area contributed by atoms with Gasteiger partial charge in [-0.1, -0.05) is 37.3 Å². The molecule has 0 aromatic heterocycles. The zero-order chi connectivity index (χ0) is 16.2. The highest BCUT2D eigenvalue weighted by atomic mass is 16.3. The molecule has 22 heavy (non-hydrogen) atoms. The molecular weight excluding hydrogens is 280 g/mol. The maximum atomic E-state index is 12.6. The molecule has 0 heterocycles. The third kappa shape index (κ3) is 4.29. The molecule has 1 fully saturated rings. The van der Waals surface area contributed by atoms with Gasteiger partial charge in [0.25, 0.3) is 0 Å². The van der Waals surface area contributed by atoms with Gasteiger partial charge in [-0.3, -0.25) is 9.69 Å². The lowest BCUT2D eigenvalue weighted by Gasteiger charge is -2.35. The van der Waals surface area contributed by atoms with Crippen molar-refractivity contribution >= 4 is 5.91 Å². The van der Waals surface area contributed by atoms with Gasteiger partial charge in [0.2, 0.25) is 5.91 Å². The summed E-state index contributed by atoms with van der Waals surface area (Å²) < 4.78 is 0. The van der Waals surface area contributed by atoms with Gasteiger partial charge in [-0.2, -0.15) is 0 Å². The van der Waals surface area contributed by atoms with Crippen molar-refractivity contribution in [2.24, 2.45) is 5.41 Å². The fourth-order valence-electron chi connectivity index (χ4n) is 2.59. The standard InChI is InChI=1S/C17H26N2O3/c1-17(11-20,12-21)10-19(2)15(13-6-4-3-5-7-13)16(22)18-14-8-9-14/h3-7,14-15,20-21H,8-12H2,1-2H3,(H,18,22). The summed E-state index contributed by atoms with van der Waals surface area (Å²) in [5.41, 5.74) is 0.281. The summed E-state index contributed by atoms with van der Waals surface area (Å²) in [4.78, 5) is 14.5. The van der Waals surface area contributed by atoms with E-state index in [4.69, 9.17) is 0 Å². The number of hydrogen-bond donors (Lipinski definition) is 3. The van der Waals surface area contributed by atoms with Crippen molar-refractivity contribution in [1.82, 2.24) is 10.2 Å². The number of amides is 1. The molecule has 1 amide bonds. The lowest BCUT2D eigenvalue weighted by atomic mass is 9.91. The van der Waals surface area contributed by atoms with Crippen LogP contribution in [0.3, 0.4) is 0 Å². The maximum Gasteiger partial charge on any atom is 0.242 e. The predicted octanol–water partition coefficient (Wildman–Crippen LogP) is 0.929.